The minimum absolute atomic E-state index is 0.00600. The molecule has 1 saturated heterocycles. The fraction of sp³-hybridized carbons (Fsp3) is 0.500. The zero-order valence-corrected chi connectivity index (χ0v) is 14.1. The number of ether oxygens (including phenoxy) is 1. The van der Waals surface area contributed by atoms with Gasteiger partial charge < -0.3 is 9.26 Å². The summed E-state index contributed by atoms with van der Waals surface area (Å²) in [5, 5.41) is 14.8. The van der Waals surface area contributed by atoms with E-state index >= 15 is 0 Å². The molecule has 134 valence electrons. The molecule has 2 heterocycles. The summed E-state index contributed by atoms with van der Waals surface area (Å²) >= 11 is 0. The predicted octanol–water partition coefficient (Wildman–Crippen LogP) is 1.41. The summed E-state index contributed by atoms with van der Waals surface area (Å²) in [5.41, 5.74) is 0.576. The predicted molar refractivity (Wildman–Crippen MR) is 90.0 cm³/mol. The van der Waals surface area contributed by atoms with Crippen LogP contribution in [0.4, 0.5) is 5.69 Å². The molecule has 25 heavy (non-hydrogen) atoms. The van der Waals surface area contributed by atoms with Crippen LogP contribution in [-0.2, 0) is 11.3 Å². The normalized spacial score (nSPS) is 15.6. The summed E-state index contributed by atoms with van der Waals surface area (Å²) < 4.78 is 10.6. The van der Waals surface area contributed by atoms with Crippen molar-refractivity contribution >= 4 is 5.69 Å². The summed E-state index contributed by atoms with van der Waals surface area (Å²) in [4.78, 5) is 19.2. The lowest BCUT2D eigenvalue weighted by molar-refractivity contribution is -0.384. The Morgan fingerprint density at radius 2 is 2.16 bits per heavy atom. The molecule has 0 amide bonds. The van der Waals surface area contributed by atoms with E-state index in [0.717, 1.165) is 39.4 Å². The Bertz CT molecular complexity index is 714. The third-order valence-corrected chi connectivity index (χ3v) is 4.09. The second kappa shape index (κ2) is 8.15. The number of morpholine rings is 1. The van der Waals surface area contributed by atoms with Crippen LogP contribution >= 0.6 is 0 Å². The van der Waals surface area contributed by atoms with Crippen molar-refractivity contribution in [1.82, 2.24) is 19.9 Å². The molecule has 0 saturated carbocycles. The van der Waals surface area contributed by atoms with Gasteiger partial charge in [0.1, 0.15) is 0 Å². The third kappa shape index (κ3) is 4.81. The lowest BCUT2D eigenvalue weighted by Gasteiger charge is -2.28. The zero-order valence-electron chi connectivity index (χ0n) is 14.1. The molecule has 0 unspecified atom stereocenters. The van der Waals surface area contributed by atoms with E-state index in [4.69, 9.17) is 9.26 Å². The summed E-state index contributed by atoms with van der Waals surface area (Å²) in [7, 11) is 2.00. The van der Waals surface area contributed by atoms with Crippen LogP contribution in [0.2, 0.25) is 0 Å². The lowest BCUT2D eigenvalue weighted by Crippen LogP contribution is -2.40. The third-order valence-electron chi connectivity index (χ3n) is 4.09. The number of nitro benzene ring substituents is 1. The van der Waals surface area contributed by atoms with Crippen LogP contribution in [0.1, 0.15) is 5.89 Å². The van der Waals surface area contributed by atoms with E-state index in [1.165, 1.54) is 12.1 Å². The van der Waals surface area contributed by atoms with Crippen LogP contribution in [0.15, 0.2) is 28.8 Å². The van der Waals surface area contributed by atoms with Gasteiger partial charge in [0, 0.05) is 43.9 Å². The number of rotatable bonds is 7. The number of non-ortho nitro benzene ring substituents is 1. The fourth-order valence-electron chi connectivity index (χ4n) is 2.64. The molecule has 0 spiro atoms. The first-order valence-corrected chi connectivity index (χ1v) is 8.18. The molecule has 1 aromatic heterocycles. The molecule has 3 rings (SSSR count). The standard InChI is InChI=1S/C16H21N5O4/c1-19(5-6-20-7-9-24-10-8-20)12-15-17-16(18-25-15)13-3-2-4-14(11-13)21(22)23/h2-4,11H,5-10,12H2,1H3. The van der Waals surface area contributed by atoms with Crippen molar-refractivity contribution in [3.8, 4) is 11.4 Å². The molecular formula is C16H21N5O4. The monoisotopic (exact) mass is 347 g/mol. The smallest absolute Gasteiger partial charge is 0.270 e. The van der Waals surface area contributed by atoms with Gasteiger partial charge in [-0.1, -0.05) is 17.3 Å². The van der Waals surface area contributed by atoms with Gasteiger partial charge >= 0.3 is 0 Å². The maximum atomic E-state index is 10.9. The van der Waals surface area contributed by atoms with Crippen LogP contribution in [0.25, 0.3) is 11.4 Å². The highest BCUT2D eigenvalue weighted by Gasteiger charge is 2.15. The number of hydrogen-bond donors (Lipinski definition) is 0. The van der Waals surface area contributed by atoms with Crippen LogP contribution < -0.4 is 0 Å². The summed E-state index contributed by atoms with van der Waals surface area (Å²) in [6, 6.07) is 6.21. The molecular weight excluding hydrogens is 326 g/mol. The second-order valence-electron chi connectivity index (χ2n) is 6.01. The van der Waals surface area contributed by atoms with E-state index in [-0.39, 0.29) is 5.69 Å². The van der Waals surface area contributed by atoms with Gasteiger partial charge in [0.05, 0.1) is 24.7 Å². The quantitative estimate of drug-likeness (QED) is 0.548. The van der Waals surface area contributed by atoms with E-state index < -0.39 is 4.92 Å². The molecule has 2 aromatic rings. The molecule has 0 bridgehead atoms. The Labute approximate surface area is 145 Å². The average Bonchev–Trinajstić information content (AvgIpc) is 3.09. The first kappa shape index (κ1) is 17.5. The summed E-state index contributed by atoms with van der Waals surface area (Å²) in [6.07, 6.45) is 0. The van der Waals surface area contributed by atoms with Crippen LogP contribution in [0, 0.1) is 10.1 Å². The van der Waals surface area contributed by atoms with Crippen molar-refractivity contribution in [1.29, 1.82) is 0 Å². The Morgan fingerprint density at radius 3 is 2.92 bits per heavy atom. The van der Waals surface area contributed by atoms with Crippen LogP contribution in [-0.4, -0.2) is 71.3 Å². The van der Waals surface area contributed by atoms with Gasteiger partial charge in [-0.25, -0.2) is 0 Å². The highest BCUT2D eigenvalue weighted by Crippen LogP contribution is 2.21. The minimum Gasteiger partial charge on any atom is -0.379 e. The Morgan fingerprint density at radius 1 is 1.36 bits per heavy atom. The van der Waals surface area contributed by atoms with Gasteiger partial charge in [-0.2, -0.15) is 4.98 Å². The van der Waals surface area contributed by atoms with Gasteiger partial charge in [-0.05, 0) is 7.05 Å². The van der Waals surface area contributed by atoms with Crippen molar-refractivity contribution in [3.63, 3.8) is 0 Å². The van der Waals surface area contributed by atoms with Gasteiger partial charge in [0.25, 0.3) is 5.69 Å². The molecule has 0 aliphatic carbocycles. The van der Waals surface area contributed by atoms with Gasteiger partial charge in [0.2, 0.25) is 11.7 Å². The Kier molecular flexibility index (Phi) is 5.69. The highest BCUT2D eigenvalue weighted by molar-refractivity contribution is 5.58. The molecule has 9 heteroatoms. The fourth-order valence-corrected chi connectivity index (χ4v) is 2.64. The van der Waals surface area contributed by atoms with Crippen molar-refractivity contribution in [2.45, 2.75) is 6.54 Å². The highest BCUT2D eigenvalue weighted by atomic mass is 16.6. The number of nitro groups is 1. The summed E-state index contributed by atoms with van der Waals surface area (Å²) in [6.45, 7) is 5.89. The van der Waals surface area contributed by atoms with E-state index in [1.807, 2.05) is 7.05 Å². The van der Waals surface area contributed by atoms with Gasteiger partial charge in [-0.3, -0.25) is 19.9 Å². The van der Waals surface area contributed by atoms with Gasteiger partial charge in [0.15, 0.2) is 0 Å². The molecule has 0 N–H and O–H groups in total. The average molecular weight is 347 g/mol. The molecule has 0 atom stereocenters. The first-order chi connectivity index (χ1) is 12.1. The Balaban J connectivity index is 1.55. The number of aromatic nitrogens is 2. The molecule has 1 fully saturated rings. The number of hydrogen-bond acceptors (Lipinski definition) is 8. The van der Waals surface area contributed by atoms with Gasteiger partial charge in [-0.15, -0.1) is 0 Å². The van der Waals surface area contributed by atoms with Crippen molar-refractivity contribution in [2.24, 2.45) is 0 Å². The van der Waals surface area contributed by atoms with E-state index in [2.05, 4.69) is 19.9 Å². The minimum atomic E-state index is -0.441. The van der Waals surface area contributed by atoms with E-state index in [0.29, 0.717) is 23.8 Å². The molecule has 1 aliphatic heterocycles. The molecule has 1 aromatic carbocycles. The number of likely N-dealkylation sites (N-methyl/N-ethyl adjacent to an activating group) is 1. The van der Waals surface area contributed by atoms with Crippen molar-refractivity contribution in [3.05, 3.63) is 40.3 Å². The SMILES string of the molecule is CN(CCN1CCOCC1)Cc1nc(-c2cccc([N+](=O)[O-])c2)no1. The zero-order chi connectivity index (χ0) is 17.6. The summed E-state index contributed by atoms with van der Waals surface area (Å²) in [5.74, 6) is 0.853. The van der Waals surface area contributed by atoms with Crippen LogP contribution in [0.3, 0.4) is 0 Å². The Hall–Kier alpha value is -2.36. The molecule has 0 radical (unpaired) electrons. The first-order valence-electron chi connectivity index (χ1n) is 8.18. The van der Waals surface area contributed by atoms with Crippen molar-refractivity contribution in [2.75, 3.05) is 46.4 Å². The maximum Gasteiger partial charge on any atom is 0.270 e. The lowest BCUT2D eigenvalue weighted by atomic mass is 10.2. The van der Waals surface area contributed by atoms with Crippen LogP contribution in [0.5, 0.6) is 0 Å². The molecule has 1 aliphatic rings. The van der Waals surface area contributed by atoms with Crippen molar-refractivity contribution < 1.29 is 14.2 Å². The largest absolute Gasteiger partial charge is 0.379 e. The number of nitrogens with zero attached hydrogens (tertiary/aromatic N) is 5. The second-order valence-corrected chi connectivity index (χ2v) is 6.01. The number of benzene rings is 1. The topological polar surface area (TPSA) is 97.8 Å². The molecule has 9 nitrogen and oxygen atoms in total. The van der Waals surface area contributed by atoms with E-state index in [9.17, 15) is 10.1 Å². The van der Waals surface area contributed by atoms with E-state index in [1.54, 1.807) is 12.1 Å². The maximum absolute atomic E-state index is 10.9.